The van der Waals surface area contributed by atoms with E-state index in [1.54, 1.807) is 21.1 Å². The van der Waals surface area contributed by atoms with Crippen LogP contribution < -0.4 is 0 Å². The number of amides is 1. The van der Waals surface area contributed by atoms with Gasteiger partial charge < -0.3 is 42.2 Å². The largest absolute Gasteiger partial charge is 0.456 e. The van der Waals surface area contributed by atoms with Gasteiger partial charge in [0, 0.05) is 44.9 Å². The van der Waals surface area contributed by atoms with Crippen LogP contribution in [-0.4, -0.2) is 134 Å². The highest BCUT2D eigenvalue weighted by Gasteiger charge is 2.57. The number of ketones is 2. The van der Waals surface area contributed by atoms with Crippen LogP contribution in [0.2, 0.25) is 54.4 Å². The predicted octanol–water partition coefficient (Wildman–Crippen LogP) is 12.9. The summed E-state index contributed by atoms with van der Waals surface area (Å²) in [7, 11) is -3.85. The summed E-state index contributed by atoms with van der Waals surface area (Å²) in [6.07, 6.45) is 6.62. The molecule has 0 aromatic rings. The highest BCUT2D eigenvalue weighted by molar-refractivity contribution is 6.75. The van der Waals surface area contributed by atoms with Gasteiger partial charge in [0.25, 0.3) is 11.7 Å². The van der Waals surface area contributed by atoms with Gasteiger partial charge in [-0.05, 0) is 150 Å². The Morgan fingerprint density at radius 1 is 0.737 bits per heavy atom. The van der Waals surface area contributed by atoms with E-state index in [2.05, 4.69) is 128 Å². The van der Waals surface area contributed by atoms with Gasteiger partial charge in [-0.25, -0.2) is 4.79 Å². The Morgan fingerprint density at radius 2 is 1.26 bits per heavy atom. The molecule has 76 heavy (non-hydrogen) atoms. The van der Waals surface area contributed by atoms with E-state index in [4.69, 9.17) is 32.2 Å². The number of methoxy groups -OCH3 is 2. The van der Waals surface area contributed by atoms with Crippen molar-refractivity contribution in [3.63, 3.8) is 0 Å². The van der Waals surface area contributed by atoms with E-state index in [1.807, 2.05) is 20.8 Å². The molecule has 1 amide bonds. The van der Waals surface area contributed by atoms with E-state index < -0.39 is 96.8 Å². The van der Waals surface area contributed by atoms with E-state index in [0.29, 0.717) is 32.1 Å². The fraction of sp³-hybridized carbons (Fsp3) is 0.867. The van der Waals surface area contributed by atoms with Crippen LogP contribution in [0.15, 0.2) is 23.3 Å². The molecule has 16 heteroatoms. The number of ether oxygens (including phenoxy) is 4. The maximum absolute atomic E-state index is 15.2. The first kappa shape index (κ1) is 66.6. The predicted molar refractivity (Wildman–Crippen MR) is 311 cm³/mol. The number of carbonyl (C=O) groups is 4. The summed E-state index contributed by atoms with van der Waals surface area (Å²) < 4.78 is 47.1. The number of nitrogens with zero attached hydrogens (tertiary/aromatic N) is 1. The molecule has 0 aromatic heterocycles. The number of allylic oxidation sites excluding steroid dienone is 3. The first-order valence-corrected chi connectivity index (χ1v) is 37.9. The maximum Gasteiger partial charge on any atom is 0.329 e. The van der Waals surface area contributed by atoms with Crippen LogP contribution in [0.25, 0.3) is 0 Å². The number of Topliss-reactive ketones (excluding diaryl/α,β-unsaturated/α-hetero) is 2. The second-order valence-corrected chi connectivity index (χ2v) is 42.8. The fourth-order valence-corrected chi connectivity index (χ4v) is 15.3. The molecule has 0 radical (unpaired) electrons. The van der Waals surface area contributed by atoms with Crippen molar-refractivity contribution < 1.29 is 56.5 Å². The number of cyclic esters (lactones) is 1. The lowest BCUT2D eigenvalue weighted by Crippen LogP contribution is -2.64. The van der Waals surface area contributed by atoms with E-state index in [9.17, 15) is 19.5 Å². The minimum atomic E-state index is -2.57. The van der Waals surface area contributed by atoms with Crippen molar-refractivity contribution in [2.45, 2.75) is 283 Å². The average molecular weight is 1120 g/mol. The zero-order valence-corrected chi connectivity index (χ0v) is 55.0. The van der Waals surface area contributed by atoms with E-state index in [1.165, 1.54) is 4.90 Å². The number of hydrogen-bond acceptors (Lipinski definition) is 12. The Balaban J connectivity index is 1.92. The van der Waals surface area contributed by atoms with Crippen LogP contribution in [0, 0.1) is 29.6 Å². The Labute approximate surface area is 464 Å². The van der Waals surface area contributed by atoms with Crippen molar-refractivity contribution in [2.75, 3.05) is 20.8 Å². The number of carbonyl (C=O) groups excluding carboxylic acids is 4. The van der Waals surface area contributed by atoms with Crippen molar-refractivity contribution in [1.82, 2.24) is 4.90 Å². The van der Waals surface area contributed by atoms with Crippen molar-refractivity contribution in [2.24, 2.45) is 29.6 Å². The summed E-state index contributed by atoms with van der Waals surface area (Å²) in [6.45, 7) is 45.9. The first-order valence-electron chi connectivity index (χ1n) is 29.2. The fourth-order valence-electron chi connectivity index (χ4n) is 11.2. The summed E-state index contributed by atoms with van der Waals surface area (Å²) in [4.78, 5) is 60.9. The van der Waals surface area contributed by atoms with Crippen LogP contribution in [0.4, 0.5) is 0 Å². The molecule has 4 aliphatic rings. The minimum Gasteiger partial charge on any atom is -0.456 e. The molecule has 4 rings (SSSR count). The summed E-state index contributed by atoms with van der Waals surface area (Å²) in [5.41, 5.74) is 1.90. The Bertz CT molecular complexity index is 2050. The summed E-state index contributed by atoms with van der Waals surface area (Å²) in [5, 5.41) is 12.2. The molecule has 1 saturated carbocycles. The molecule has 14 unspecified atom stereocenters. The van der Waals surface area contributed by atoms with E-state index in [-0.39, 0.29) is 76.7 Å². The molecule has 2 saturated heterocycles. The van der Waals surface area contributed by atoms with Gasteiger partial charge in [0.1, 0.15) is 24.0 Å². The molecule has 2 bridgehead atoms. The first-order chi connectivity index (χ1) is 34.7. The molecule has 3 heterocycles. The third kappa shape index (κ3) is 16.0. The highest BCUT2D eigenvalue weighted by atomic mass is 28.4. The van der Waals surface area contributed by atoms with Crippen LogP contribution in [0.5, 0.6) is 0 Å². The van der Waals surface area contributed by atoms with E-state index in [0.717, 1.165) is 30.4 Å². The molecule has 1 aliphatic carbocycles. The topological polar surface area (TPSA) is 156 Å². The Morgan fingerprint density at radius 3 is 1.79 bits per heavy atom. The zero-order valence-electron chi connectivity index (χ0n) is 52.0. The van der Waals surface area contributed by atoms with Gasteiger partial charge in [0.15, 0.2) is 25.0 Å². The van der Waals surface area contributed by atoms with Gasteiger partial charge in [0.2, 0.25) is 5.79 Å². The Hall–Kier alpha value is -1.87. The number of hydrogen-bond donors (Lipinski definition) is 1. The monoisotopic (exact) mass is 1120 g/mol. The quantitative estimate of drug-likeness (QED) is 0.0905. The molecule has 3 aliphatic heterocycles. The molecular formula is C60H109NO12Si3. The molecule has 0 aromatic carbocycles. The standard InChI is InChI=1S/C60H109NO12Si3/c1-24-44-32-38(2)31-39(3)33-50(67-16)53-51(68-17)35-41(5)60(66,70-53)54(63)55(64)61-30-26-25-27-45(61)56(65)69-52(42(6)48(37-46(44)62)72-75(20,21)58(10,11)12)40(4)34-43-28-29-47(71-74(18,19)57(7,8)9)49(36-43)73-76(22,23)59(13,14)15/h32,34,39,41-45,47-53,66H,24-31,33,35-37H2,1-23H3/b38-32+,40-34?. The third-order valence-electron chi connectivity index (χ3n) is 19.3. The number of piperidine rings is 1. The number of rotatable bonds is 11. The second kappa shape index (κ2) is 25.9. The van der Waals surface area contributed by atoms with Crippen molar-refractivity contribution >= 4 is 48.4 Å². The number of aliphatic hydroxyl groups is 1. The van der Waals surface area contributed by atoms with Crippen LogP contribution >= 0.6 is 0 Å². The lowest BCUT2D eigenvalue weighted by Gasteiger charge is -2.48. The molecule has 1 N–H and O–H groups in total. The summed E-state index contributed by atoms with van der Waals surface area (Å²) in [6, 6.07) is -1.11. The molecule has 3 fully saturated rings. The highest BCUT2D eigenvalue weighted by Crippen LogP contribution is 2.46. The molecule has 438 valence electrons. The second-order valence-electron chi connectivity index (χ2n) is 28.5. The SMILES string of the molecule is CCC1/C=C(\C)CC(C)CC(OC)C2OC(O)(C(=O)C(=O)N3CCCCC3C(=O)OC(C(C)=CC3CCC(O[Si](C)(C)C(C)(C)C)C(O[Si](C)(C)C(C)(C)C)C3)C(C)C(O[Si](C)(C)C(C)(C)C)CC1=O)C(C)CC2OC. The minimum absolute atomic E-state index is 0.0158. The average Bonchev–Trinajstić information content (AvgIpc) is 3.30. The number of esters is 1. The van der Waals surface area contributed by atoms with Gasteiger partial charge in [-0.3, -0.25) is 14.4 Å². The smallest absolute Gasteiger partial charge is 0.329 e. The third-order valence-corrected chi connectivity index (χ3v) is 32.8. The van der Waals surface area contributed by atoms with Gasteiger partial charge in [-0.2, -0.15) is 0 Å². The van der Waals surface area contributed by atoms with Gasteiger partial charge in [-0.1, -0.05) is 108 Å². The van der Waals surface area contributed by atoms with Gasteiger partial charge in [0.05, 0.1) is 30.5 Å². The lowest BCUT2D eigenvalue weighted by atomic mass is 9.81. The van der Waals surface area contributed by atoms with Gasteiger partial charge in [-0.15, -0.1) is 0 Å². The van der Waals surface area contributed by atoms with Gasteiger partial charge >= 0.3 is 5.97 Å². The molecule has 0 spiro atoms. The molecule has 13 nitrogen and oxygen atoms in total. The van der Waals surface area contributed by atoms with Crippen molar-refractivity contribution in [3.05, 3.63) is 23.3 Å². The lowest BCUT2D eigenvalue weighted by molar-refractivity contribution is -0.302. The number of fused-ring (bicyclic) bond motifs is 3. The Kier molecular flexibility index (Phi) is 22.7. The van der Waals surface area contributed by atoms with Crippen molar-refractivity contribution in [3.8, 4) is 0 Å². The van der Waals surface area contributed by atoms with Crippen LogP contribution in [0.1, 0.15) is 174 Å². The zero-order chi connectivity index (χ0) is 57.9. The molecular weight excluding hydrogens is 1010 g/mol. The molecule has 14 atom stereocenters. The normalized spacial score (nSPS) is 35.2. The summed E-state index contributed by atoms with van der Waals surface area (Å²) >= 11 is 0. The van der Waals surface area contributed by atoms with Crippen molar-refractivity contribution in [1.29, 1.82) is 0 Å². The maximum atomic E-state index is 15.2. The van der Waals surface area contributed by atoms with Crippen LogP contribution in [-0.2, 0) is 51.4 Å². The summed E-state index contributed by atoms with van der Waals surface area (Å²) in [5.74, 6) is -6.77. The van der Waals surface area contributed by atoms with E-state index >= 15 is 4.79 Å². The van der Waals surface area contributed by atoms with Crippen LogP contribution in [0.3, 0.4) is 0 Å².